The van der Waals surface area contributed by atoms with E-state index < -0.39 is 0 Å². The second-order valence-corrected chi connectivity index (χ2v) is 8.63. The molecule has 0 saturated carbocycles. The van der Waals surface area contributed by atoms with Gasteiger partial charge in [-0.25, -0.2) is 9.37 Å². The molecule has 0 spiro atoms. The molecule has 1 atom stereocenters. The standard InChI is InChI=1S/C29H25FN4O/c1-19(7-8-20-5-3-2-4-6-20)29(35)33-25-14-13-24-26(21-15-17-31-18-16-21)27(34-28(24)32-25)22-9-11-23(30)12-10-22/h2-6,9-19H,7-8H2,1H3,(H2,32,33,34,35)/t19-/m1/s1. The van der Waals surface area contributed by atoms with E-state index in [-0.39, 0.29) is 17.6 Å². The summed E-state index contributed by atoms with van der Waals surface area (Å²) in [6, 6.07) is 24.1. The highest BCUT2D eigenvalue weighted by atomic mass is 19.1. The van der Waals surface area contributed by atoms with Crippen molar-refractivity contribution in [3.05, 3.63) is 103 Å². The van der Waals surface area contributed by atoms with Crippen molar-refractivity contribution in [3.8, 4) is 22.4 Å². The quantitative estimate of drug-likeness (QED) is 0.284. The van der Waals surface area contributed by atoms with Gasteiger partial charge in [0.25, 0.3) is 0 Å². The first-order valence-electron chi connectivity index (χ1n) is 11.6. The molecule has 0 unspecified atom stereocenters. The molecule has 3 heterocycles. The fourth-order valence-electron chi connectivity index (χ4n) is 4.20. The van der Waals surface area contributed by atoms with Crippen LogP contribution in [0.5, 0.6) is 0 Å². The lowest BCUT2D eigenvalue weighted by atomic mass is 9.99. The fraction of sp³-hybridized carbons (Fsp3) is 0.138. The van der Waals surface area contributed by atoms with Gasteiger partial charge in [0.05, 0.1) is 5.69 Å². The van der Waals surface area contributed by atoms with Gasteiger partial charge in [0.1, 0.15) is 17.3 Å². The zero-order valence-corrected chi connectivity index (χ0v) is 19.3. The first-order valence-corrected chi connectivity index (χ1v) is 11.6. The Hall–Kier alpha value is -4.32. The highest BCUT2D eigenvalue weighted by Crippen LogP contribution is 2.38. The van der Waals surface area contributed by atoms with Crippen LogP contribution in [0, 0.1) is 11.7 Å². The van der Waals surface area contributed by atoms with Gasteiger partial charge in [-0.3, -0.25) is 9.78 Å². The average molecular weight is 465 g/mol. The number of halogens is 1. The Labute approximate surface area is 203 Å². The van der Waals surface area contributed by atoms with Gasteiger partial charge >= 0.3 is 0 Å². The predicted octanol–water partition coefficient (Wildman–Crippen LogP) is 6.64. The lowest BCUT2D eigenvalue weighted by Gasteiger charge is -2.12. The Morgan fingerprint density at radius 2 is 1.69 bits per heavy atom. The van der Waals surface area contributed by atoms with Crippen LogP contribution >= 0.6 is 0 Å². The number of amides is 1. The maximum Gasteiger partial charge on any atom is 0.228 e. The first kappa shape index (κ1) is 22.5. The van der Waals surface area contributed by atoms with E-state index in [4.69, 9.17) is 0 Å². The number of anilines is 1. The van der Waals surface area contributed by atoms with Crippen LogP contribution in [0.15, 0.2) is 91.3 Å². The summed E-state index contributed by atoms with van der Waals surface area (Å²) in [4.78, 5) is 25.0. The zero-order valence-electron chi connectivity index (χ0n) is 19.3. The smallest absolute Gasteiger partial charge is 0.228 e. The van der Waals surface area contributed by atoms with E-state index in [1.54, 1.807) is 24.5 Å². The first-order chi connectivity index (χ1) is 17.1. The Morgan fingerprint density at radius 1 is 0.943 bits per heavy atom. The van der Waals surface area contributed by atoms with E-state index in [0.29, 0.717) is 11.5 Å². The minimum atomic E-state index is -0.292. The van der Waals surface area contributed by atoms with Gasteiger partial charge in [-0.1, -0.05) is 37.3 Å². The summed E-state index contributed by atoms with van der Waals surface area (Å²) >= 11 is 0. The van der Waals surface area contributed by atoms with Crippen LogP contribution in [0.3, 0.4) is 0 Å². The number of nitrogens with zero attached hydrogens (tertiary/aromatic N) is 2. The number of nitrogens with one attached hydrogen (secondary N) is 2. The lowest BCUT2D eigenvalue weighted by molar-refractivity contribution is -0.119. The highest BCUT2D eigenvalue weighted by Gasteiger charge is 2.18. The van der Waals surface area contributed by atoms with Crippen LogP contribution in [0.2, 0.25) is 0 Å². The van der Waals surface area contributed by atoms with Crippen molar-refractivity contribution in [2.45, 2.75) is 19.8 Å². The van der Waals surface area contributed by atoms with Crippen molar-refractivity contribution >= 4 is 22.8 Å². The number of fused-ring (bicyclic) bond motifs is 1. The number of carbonyl (C=O) groups excluding carboxylic acids is 1. The second kappa shape index (κ2) is 9.89. The number of benzene rings is 2. The SMILES string of the molecule is C[C@H](CCc1ccccc1)C(=O)Nc1ccc2c(-c3ccncc3)c(-c3ccc(F)cc3)[nH]c2n1. The molecular weight excluding hydrogens is 439 g/mol. The van der Waals surface area contributed by atoms with Gasteiger partial charge in [-0.2, -0.15) is 0 Å². The zero-order chi connectivity index (χ0) is 24.2. The monoisotopic (exact) mass is 464 g/mol. The predicted molar refractivity (Wildman–Crippen MR) is 137 cm³/mol. The third-order valence-corrected chi connectivity index (χ3v) is 6.17. The van der Waals surface area contributed by atoms with Crippen molar-refractivity contribution in [2.75, 3.05) is 5.32 Å². The van der Waals surface area contributed by atoms with E-state index >= 15 is 0 Å². The minimum absolute atomic E-state index is 0.0625. The van der Waals surface area contributed by atoms with Crippen LogP contribution in [0.1, 0.15) is 18.9 Å². The molecule has 174 valence electrons. The maximum absolute atomic E-state index is 13.6. The molecule has 3 aromatic heterocycles. The summed E-state index contributed by atoms with van der Waals surface area (Å²) in [6.07, 6.45) is 5.07. The molecule has 0 aliphatic heterocycles. The van der Waals surface area contributed by atoms with Crippen molar-refractivity contribution in [2.24, 2.45) is 5.92 Å². The number of pyridine rings is 2. The van der Waals surface area contributed by atoms with Crippen LogP contribution in [-0.4, -0.2) is 20.9 Å². The number of hydrogen-bond acceptors (Lipinski definition) is 3. The van der Waals surface area contributed by atoms with Crippen molar-refractivity contribution in [3.63, 3.8) is 0 Å². The molecule has 0 fully saturated rings. The number of carbonyl (C=O) groups is 1. The largest absolute Gasteiger partial charge is 0.339 e. The molecule has 5 aromatic rings. The molecular formula is C29H25FN4O. The van der Waals surface area contributed by atoms with Gasteiger partial charge in [0.15, 0.2) is 0 Å². The van der Waals surface area contributed by atoms with Crippen LogP contribution < -0.4 is 5.32 Å². The van der Waals surface area contributed by atoms with E-state index in [0.717, 1.165) is 40.6 Å². The van der Waals surface area contributed by atoms with E-state index in [1.807, 2.05) is 49.4 Å². The lowest BCUT2D eigenvalue weighted by Crippen LogP contribution is -2.21. The van der Waals surface area contributed by atoms with Crippen molar-refractivity contribution in [1.29, 1.82) is 0 Å². The number of aromatic amines is 1. The molecule has 35 heavy (non-hydrogen) atoms. The normalized spacial score (nSPS) is 11.9. The summed E-state index contributed by atoms with van der Waals surface area (Å²) in [5.74, 6) is -0.0203. The summed E-state index contributed by atoms with van der Waals surface area (Å²) < 4.78 is 13.6. The third kappa shape index (κ3) is 4.96. The molecule has 0 aliphatic rings. The van der Waals surface area contributed by atoms with Gasteiger partial charge in [0, 0.05) is 29.3 Å². The number of aromatic nitrogens is 3. The molecule has 0 aliphatic carbocycles. The summed E-state index contributed by atoms with van der Waals surface area (Å²) in [5, 5.41) is 3.86. The van der Waals surface area contributed by atoms with Gasteiger partial charge in [-0.05, 0) is 78.1 Å². The van der Waals surface area contributed by atoms with Gasteiger partial charge in [0.2, 0.25) is 5.91 Å². The molecule has 0 radical (unpaired) electrons. The fourth-order valence-corrected chi connectivity index (χ4v) is 4.20. The van der Waals surface area contributed by atoms with Crippen LogP contribution in [0.25, 0.3) is 33.4 Å². The number of hydrogen-bond donors (Lipinski definition) is 2. The van der Waals surface area contributed by atoms with Gasteiger partial charge < -0.3 is 10.3 Å². The molecule has 2 aromatic carbocycles. The molecule has 5 nitrogen and oxygen atoms in total. The molecule has 5 rings (SSSR count). The van der Waals surface area contributed by atoms with Crippen molar-refractivity contribution in [1.82, 2.24) is 15.0 Å². The average Bonchev–Trinajstić information content (AvgIpc) is 3.27. The minimum Gasteiger partial charge on any atom is -0.339 e. The summed E-state index contributed by atoms with van der Waals surface area (Å²) in [7, 11) is 0. The molecule has 2 N–H and O–H groups in total. The molecule has 0 bridgehead atoms. The van der Waals surface area contributed by atoms with Crippen molar-refractivity contribution < 1.29 is 9.18 Å². The Bertz CT molecular complexity index is 1450. The number of H-pyrrole nitrogens is 1. The number of aryl methyl sites for hydroxylation is 1. The van der Waals surface area contributed by atoms with Crippen LogP contribution in [0.4, 0.5) is 10.2 Å². The second-order valence-electron chi connectivity index (χ2n) is 8.63. The van der Waals surface area contributed by atoms with Gasteiger partial charge in [-0.15, -0.1) is 0 Å². The third-order valence-electron chi connectivity index (χ3n) is 6.17. The molecule has 6 heteroatoms. The highest BCUT2D eigenvalue weighted by molar-refractivity contribution is 6.03. The Morgan fingerprint density at radius 3 is 2.43 bits per heavy atom. The molecule has 1 amide bonds. The topological polar surface area (TPSA) is 70.7 Å². The van der Waals surface area contributed by atoms with E-state index in [9.17, 15) is 9.18 Å². The summed E-state index contributed by atoms with van der Waals surface area (Å²) in [5.41, 5.74) is 5.46. The molecule has 0 saturated heterocycles. The summed E-state index contributed by atoms with van der Waals surface area (Å²) in [6.45, 7) is 1.93. The van der Waals surface area contributed by atoms with E-state index in [2.05, 4.69) is 32.4 Å². The van der Waals surface area contributed by atoms with Crippen LogP contribution in [-0.2, 0) is 11.2 Å². The Balaban J connectivity index is 1.42. The Kier molecular flexibility index (Phi) is 6.35. The number of rotatable bonds is 7. The maximum atomic E-state index is 13.6. The van der Waals surface area contributed by atoms with E-state index in [1.165, 1.54) is 17.7 Å².